The minimum atomic E-state index is -5.72. The Kier molecular flexibility index (Phi) is 5.74. The van der Waals surface area contributed by atoms with Gasteiger partial charge in [0.2, 0.25) is 0 Å². The molecular formula is C13H8F3NO3S4. The lowest BCUT2D eigenvalue weighted by molar-refractivity contribution is -0.0500. The molecule has 0 aliphatic heterocycles. The molecule has 0 fully saturated rings. The molecule has 1 heterocycles. The first-order valence-electron chi connectivity index (χ1n) is 6.02. The van der Waals surface area contributed by atoms with Crippen molar-refractivity contribution in [1.29, 1.82) is 5.26 Å². The molecule has 2 aromatic rings. The molecule has 0 amide bonds. The number of thioether (sulfide) groups is 1. The third kappa shape index (κ3) is 4.60. The van der Waals surface area contributed by atoms with Gasteiger partial charge in [-0.25, -0.2) is 0 Å². The monoisotopic (exact) mass is 411 g/mol. The highest BCUT2D eigenvalue weighted by Crippen LogP contribution is 2.38. The van der Waals surface area contributed by atoms with E-state index in [4.69, 9.17) is 5.26 Å². The Morgan fingerprint density at radius 3 is 2.42 bits per heavy atom. The van der Waals surface area contributed by atoms with Gasteiger partial charge in [0.05, 0.1) is 4.21 Å². The SMILES string of the molecule is CSc1cc(OS(=O)(=O)C(F)(F)F)cc(Sc2ccc(C#N)s2)c1. The van der Waals surface area contributed by atoms with Gasteiger partial charge in [-0.05, 0) is 36.6 Å². The van der Waals surface area contributed by atoms with E-state index in [1.165, 1.54) is 47.0 Å². The summed E-state index contributed by atoms with van der Waals surface area (Å²) in [6, 6.07) is 9.42. The maximum Gasteiger partial charge on any atom is 0.534 e. The molecule has 0 spiro atoms. The Hall–Kier alpha value is -1.35. The predicted octanol–water partition coefficient (Wildman–Crippen LogP) is 4.72. The molecule has 128 valence electrons. The lowest BCUT2D eigenvalue weighted by Crippen LogP contribution is -2.28. The molecule has 0 aliphatic carbocycles. The number of benzene rings is 1. The minimum absolute atomic E-state index is 0.418. The van der Waals surface area contributed by atoms with Crippen LogP contribution in [0.1, 0.15) is 4.88 Å². The van der Waals surface area contributed by atoms with Crippen LogP contribution < -0.4 is 4.18 Å². The minimum Gasteiger partial charge on any atom is -0.376 e. The molecular weight excluding hydrogens is 403 g/mol. The van der Waals surface area contributed by atoms with Gasteiger partial charge in [0.1, 0.15) is 16.7 Å². The number of hydrogen-bond donors (Lipinski definition) is 0. The Bertz CT molecular complexity index is 885. The maximum absolute atomic E-state index is 12.4. The summed E-state index contributed by atoms with van der Waals surface area (Å²) in [6.45, 7) is 0. The molecule has 0 N–H and O–H groups in total. The lowest BCUT2D eigenvalue weighted by Gasteiger charge is -2.11. The summed E-state index contributed by atoms with van der Waals surface area (Å²) < 4.78 is 64.5. The fraction of sp³-hybridized carbons (Fsp3) is 0.154. The molecule has 0 aliphatic rings. The Morgan fingerprint density at radius 1 is 1.21 bits per heavy atom. The van der Waals surface area contributed by atoms with Crippen LogP contribution in [0.5, 0.6) is 5.75 Å². The number of hydrogen-bond acceptors (Lipinski definition) is 7. The van der Waals surface area contributed by atoms with Gasteiger partial charge >= 0.3 is 15.6 Å². The van der Waals surface area contributed by atoms with Crippen molar-refractivity contribution in [2.75, 3.05) is 6.26 Å². The third-order valence-corrected chi connectivity index (χ3v) is 6.27. The highest BCUT2D eigenvalue weighted by atomic mass is 32.2. The molecule has 24 heavy (non-hydrogen) atoms. The number of nitriles is 1. The number of rotatable bonds is 5. The number of nitrogens with zero attached hydrogens (tertiary/aromatic N) is 1. The number of halogens is 3. The Balaban J connectivity index is 2.32. The van der Waals surface area contributed by atoms with Crippen LogP contribution in [-0.4, -0.2) is 20.2 Å². The van der Waals surface area contributed by atoms with E-state index >= 15 is 0 Å². The highest BCUT2D eigenvalue weighted by molar-refractivity contribution is 8.01. The molecule has 0 bridgehead atoms. The van der Waals surface area contributed by atoms with Crippen LogP contribution in [0.15, 0.2) is 44.3 Å². The first-order chi connectivity index (χ1) is 11.1. The summed E-state index contributed by atoms with van der Waals surface area (Å²) in [6.07, 6.45) is 1.70. The van der Waals surface area contributed by atoms with Crippen LogP contribution in [0, 0.1) is 11.3 Å². The summed E-state index contributed by atoms with van der Waals surface area (Å²) >= 11 is 3.65. The van der Waals surface area contributed by atoms with Crippen LogP contribution in [0.4, 0.5) is 13.2 Å². The summed E-state index contributed by atoms with van der Waals surface area (Å²) in [5.74, 6) is -0.418. The zero-order chi connectivity index (χ0) is 18.0. The normalized spacial score (nSPS) is 12.0. The van der Waals surface area contributed by atoms with Crippen molar-refractivity contribution >= 4 is 45.0 Å². The van der Waals surface area contributed by atoms with Crippen LogP contribution >= 0.6 is 34.9 Å². The predicted molar refractivity (Wildman–Crippen MR) is 87.0 cm³/mol. The quantitative estimate of drug-likeness (QED) is 0.403. The average Bonchev–Trinajstić information content (AvgIpc) is 2.92. The van der Waals surface area contributed by atoms with E-state index in [0.29, 0.717) is 14.7 Å². The molecule has 2 rings (SSSR count). The van der Waals surface area contributed by atoms with E-state index in [1.807, 2.05) is 6.07 Å². The average molecular weight is 411 g/mol. The Labute approximate surface area is 148 Å². The first-order valence-corrected chi connectivity index (χ1v) is 10.3. The van der Waals surface area contributed by atoms with Gasteiger partial charge in [-0.3, -0.25) is 0 Å². The molecule has 0 unspecified atom stereocenters. The van der Waals surface area contributed by atoms with E-state index in [-0.39, 0.29) is 0 Å². The zero-order valence-corrected chi connectivity index (χ0v) is 15.1. The van der Waals surface area contributed by atoms with E-state index in [2.05, 4.69) is 4.18 Å². The summed E-state index contributed by atoms with van der Waals surface area (Å²) in [7, 11) is -5.72. The second-order valence-corrected chi connectivity index (χ2v) is 9.04. The lowest BCUT2D eigenvalue weighted by atomic mass is 10.3. The van der Waals surface area contributed by atoms with Gasteiger partial charge in [-0.2, -0.15) is 26.9 Å². The van der Waals surface area contributed by atoms with Crippen LogP contribution in [0.3, 0.4) is 0 Å². The largest absolute Gasteiger partial charge is 0.534 e. The summed E-state index contributed by atoms with van der Waals surface area (Å²) in [5, 5.41) is 8.80. The van der Waals surface area contributed by atoms with Crippen LogP contribution in [-0.2, 0) is 10.1 Å². The number of thiophene rings is 1. The second kappa shape index (κ2) is 7.26. The van der Waals surface area contributed by atoms with Crippen molar-refractivity contribution in [3.63, 3.8) is 0 Å². The van der Waals surface area contributed by atoms with Gasteiger partial charge in [0.25, 0.3) is 0 Å². The molecule has 0 saturated heterocycles. The molecule has 0 radical (unpaired) electrons. The van der Waals surface area contributed by atoms with Crippen molar-refractivity contribution in [1.82, 2.24) is 0 Å². The molecule has 0 saturated carbocycles. The Morgan fingerprint density at radius 2 is 1.88 bits per heavy atom. The van der Waals surface area contributed by atoms with Gasteiger partial charge in [0.15, 0.2) is 0 Å². The fourth-order valence-electron chi connectivity index (χ4n) is 1.50. The van der Waals surface area contributed by atoms with Crippen molar-refractivity contribution in [3.05, 3.63) is 35.2 Å². The van der Waals surface area contributed by atoms with Crippen molar-refractivity contribution in [3.8, 4) is 11.8 Å². The van der Waals surface area contributed by atoms with Crippen molar-refractivity contribution in [2.45, 2.75) is 19.5 Å². The maximum atomic E-state index is 12.4. The first kappa shape index (κ1) is 19.0. The topological polar surface area (TPSA) is 67.2 Å². The highest BCUT2D eigenvalue weighted by Gasteiger charge is 2.48. The summed E-state index contributed by atoms with van der Waals surface area (Å²) in [4.78, 5) is 1.54. The van der Waals surface area contributed by atoms with Crippen LogP contribution in [0.25, 0.3) is 0 Å². The summed E-state index contributed by atoms with van der Waals surface area (Å²) in [5.41, 5.74) is -5.49. The van der Waals surface area contributed by atoms with E-state index in [1.54, 1.807) is 24.5 Å². The molecule has 4 nitrogen and oxygen atoms in total. The van der Waals surface area contributed by atoms with Crippen LogP contribution in [0.2, 0.25) is 0 Å². The molecule has 0 atom stereocenters. The fourth-order valence-corrected chi connectivity index (χ4v) is 4.48. The van der Waals surface area contributed by atoms with E-state index in [9.17, 15) is 21.6 Å². The van der Waals surface area contributed by atoms with Crippen molar-refractivity contribution in [2.24, 2.45) is 0 Å². The van der Waals surface area contributed by atoms with Crippen molar-refractivity contribution < 1.29 is 25.8 Å². The van der Waals surface area contributed by atoms with Gasteiger partial charge in [-0.1, -0.05) is 11.8 Å². The molecule has 1 aromatic heterocycles. The second-order valence-electron chi connectivity index (χ2n) is 4.16. The number of alkyl halides is 3. The third-order valence-electron chi connectivity index (χ3n) is 2.49. The molecule has 1 aromatic carbocycles. The molecule has 11 heteroatoms. The van der Waals surface area contributed by atoms with Gasteiger partial charge in [0, 0.05) is 9.79 Å². The van der Waals surface area contributed by atoms with E-state index < -0.39 is 21.4 Å². The van der Waals surface area contributed by atoms with Gasteiger partial charge in [-0.15, -0.1) is 23.1 Å². The van der Waals surface area contributed by atoms with E-state index in [0.717, 1.165) is 4.21 Å². The van der Waals surface area contributed by atoms with Gasteiger partial charge < -0.3 is 4.18 Å². The smallest absolute Gasteiger partial charge is 0.376 e. The standard InChI is InChI=1S/C13H8F3NO3S4/c1-21-10-4-8(20-24(18,19)13(14,15)16)5-11(6-10)23-12-3-2-9(7-17)22-12/h2-6H,1H3. The zero-order valence-electron chi connectivity index (χ0n) is 11.8.